The zero-order valence-corrected chi connectivity index (χ0v) is 14.5. The number of hydrogen-bond donors (Lipinski definition) is 1. The van der Waals surface area contributed by atoms with Crippen molar-refractivity contribution >= 4 is 22.9 Å². The van der Waals surface area contributed by atoms with Gasteiger partial charge in [0.2, 0.25) is 0 Å². The molecule has 26 heavy (non-hydrogen) atoms. The van der Waals surface area contributed by atoms with Crippen molar-refractivity contribution in [2.45, 2.75) is 25.9 Å². The Hall–Kier alpha value is -3.14. The fourth-order valence-corrected chi connectivity index (χ4v) is 2.64. The molecule has 0 aliphatic carbocycles. The molecule has 0 aliphatic heterocycles. The first kappa shape index (κ1) is 17.7. The van der Waals surface area contributed by atoms with Gasteiger partial charge in [-0.1, -0.05) is 48.6 Å². The summed E-state index contributed by atoms with van der Waals surface area (Å²) in [7, 11) is 0. The van der Waals surface area contributed by atoms with Crippen LogP contribution in [-0.4, -0.2) is 16.1 Å². The van der Waals surface area contributed by atoms with E-state index in [9.17, 15) is 4.79 Å². The molecule has 0 fully saturated rings. The smallest absolute Gasteiger partial charge is 0.303 e. The Kier molecular flexibility index (Phi) is 5.99. The number of unbranched alkanes of at least 4 members (excludes halogenated alkanes) is 1. The van der Waals surface area contributed by atoms with E-state index in [0.29, 0.717) is 13.0 Å². The van der Waals surface area contributed by atoms with Crippen LogP contribution < -0.4 is 4.74 Å². The van der Waals surface area contributed by atoms with E-state index in [1.165, 1.54) is 0 Å². The number of hydrogen-bond acceptors (Lipinski definition) is 3. The van der Waals surface area contributed by atoms with E-state index in [1.54, 1.807) is 0 Å². The highest BCUT2D eigenvalue weighted by molar-refractivity contribution is 5.78. The maximum Gasteiger partial charge on any atom is 0.303 e. The normalized spacial score (nSPS) is 11.1. The minimum atomic E-state index is -0.754. The maximum absolute atomic E-state index is 10.5. The average molecular weight is 347 g/mol. The van der Waals surface area contributed by atoms with Gasteiger partial charge in [0.15, 0.2) is 0 Å². The van der Waals surface area contributed by atoms with Gasteiger partial charge in [0.25, 0.3) is 0 Å². The zero-order chi connectivity index (χ0) is 18.2. The van der Waals surface area contributed by atoms with Crippen LogP contribution in [-0.2, 0) is 11.4 Å². The number of aliphatic carboxylic acids is 1. The summed E-state index contributed by atoms with van der Waals surface area (Å²) in [6.45, 7) is 0.413. The second-order valence-corrected chi connectivity index (χ2v) is 6.04. The number of carboxylic acids is 1. The largest absolute Gasteiger partial charge is 0.487 e. The molecule has 2 aromatic carbocycles. The van der Waals surface area contributed by atoms with Crippen LogP contribution in [0.4, 0.5) is 0 Å². The molecule has 132 valence electrons. The van der Waals surface area contributed by atoms with Gasteiger partial charge in [0.05, 0.1) is 11.2 Å². The molecule has 1 aromatic heterocycles. The van der Waals surface area contributed by atoms with Crippen LogP contribution in [0, 0.1) is 0 Å². The SMILES string of the molecule is O=C(O)CCC/C=C/c1cccc(OCc2ccc3ccccc3n2)c1. The van der Waals surface area contributed by atoms with Crippen LogP contribution in [0.3, 0.4) is 0 Å². The number of ether oxygens (including phenoxy) is 1. The Morgan fingerprint density at radius 1 is 1.08 bits per heavy atom. The zero-order valence-electron chi connectivity index (χ0n) is 14.5. The van der Waals surface area contributed by atoms with E-state index < -0.39 is 5.97 Å². The van der Waals surface area contributed by atoms with Crippen molar-refractivity contribution < 1.29 is 14.6 Å². The highest BCUT2D eigenvalue weighted by atomic mass is 16.5. The highest BCUT2D eigenvalue weighted by Crippen LogP contribution is 2.17. The maximum atomic E-state index is 10.5. The van der Waals surface area contributed by atoms with Crippen LogP contribution >= 0.6 is 0 Å². The fraction of sp³-hybridized carbons (Fsp3) is 0.182. The van der Waals surface area contributed by atoms with Crippen molar-refractivity contribution in [2.24, 2.45) is 0 Å². The third kappa shape index (κ3) is 5.18. The Balaban J connectivity index is 1.57. The minimum Gasteiger partial charge on any atom is -0.487 e. The molecule has 3 rings (SSSR count). The van der Waals surface area contributed by atoms with Gasteiger partial charge in [0.1, 0.15) is 12.4 Å². The van der Waals surface area contributed by atoms with Crippen molar-refractivity contribution in [3.8, 4) is 5.75 Å². The summed E-state index contributed by atoms with van der Waals surface area (Å²) >= 11 is 0. The molecule has 0 unspecified atom stereocenters. The molecule has 0 radical (unpaired) electrons. The fourth-order valence-electron chi connectivity index (χ4n) is 2.64. The van der Waals surface area contributed by atoms with Gasteiger partial charge in [-0.2, -0.15) is 0 Å². The highest BCUT2D eigenvalue weighted by Gasteiger charge is 2.00. The number of fused-ring (bicyclic) bond motifs is 1. The Morgan fingerprint density at radius 3 is 2.85 bits per heavy atom. The topological polar surface area (TPSA) is 59.4 Å². The number of nitrogens with zero attached hydrogens (tertiary/aromatic N) is 1. The van der Waals surface area contributed by atoms with E-state index in [1.807, 2.05) is 66.7 Å². The van der Waals surface area contributed by atoms with Crippen LogP contribution in [0.1, 0.15) is 30.5 Å². The number of allylic oxidation sites excluding steroid dienone is 1. The molecule has 1 N–H and O–H groups in total. The summed E-state index contributed by atoms with van der Waals surface area (Å²) in [5, 5.41) is 9.75. The Labute approximate surface area is 152 Å². The van der Waals surface area contributed by atoms with Gasteiger partial charge in [0, 0.05) is 11.8 Å². The quantitative estimate of drug-likeness (QED) is 0.577. The summed E-state index contributed by atoms with van der Waals surface area (Å²) in [4.78, 5) is 15.1. The molecular weight excluding hydrogens is 326 g/mol. The lowest BCUT2D eigenvalue weighted by molar-refractivity contribution is -0.137. The summed E-state index contributed by atoms with van der Waals surface area (Å²) in [5.41, 5.74) is 2.88. The number of pyridine rings is 1. The number of rotatable bonds is 8. The lowest BCUT2D eigenvalue weighted by Gasteiger charge is -2.07. The molecule has 0 aliphatic rings. The van der Waals surface area contributed by atoms with Gasteiger partial charge in [-0.05, 0) is 42.7 Å². The van der Waals surface area contributed by atoms with Crippen LogP contribution in [0.15, 0.2) is 66.7 Å². The molecule has 3 aromatic rings. The Bertz CT molecular complexity index is 918. The van der Waals surface area contributed by atoms with Crippen molar-refractivity contribution in [1.29, 1.82) is 0 Å². The molecule has 0 saturated carbocycles. The lowest BCUT2D eigenvalue weighted by Crippen LogP contribution is -1.98. The molecule has 0 spiro atoms. The Morgan fingerprint density at radius 2 is 1.96 bits per heavy atom. The van der Waals surface area contributed by atoms with Gasteiger partial charge < -0.3 is 9.84 Å². The van der Waals surface area contributed by atoms with Crippen molar-refractivity contribution in [3.05, 3.63) is 78.0 Å². The minimum absolute atomic E-state index is 0.201. The van der Waals surface area contributed by atoms with Crippen LogP contribution in [0.5, 0.6) is 5.75 Å². The van der Waals surface area contributed by atoms with E-state index in [0.717, 1.165) is 34.3 Å². The second-order valence-electron chi connectivity index (χ2n) is 6.04. The van der Waals surface area contributed by atoms with Gasteiger partial charge >= 0.3 is 5.97 Å². The molecule has 4 nitrogen and oxygen atoms in total. The molecule has 0 atom stereocenters. The summed E-state index contributed by atoms with van der Waals surface area (Å²) in [6, 6.07) is 19.9. The molecule has 4 heteroatoms. The molecule has 0 saturated heterocycles. The average Bonchev–Trinajstić information content (AvgIpc) is 2.66. The van der Waals surface area contributed by atoms with Gasteiger partial charge in [-0.3, -0.25) is 4.79 Å². The lowest BCUT2D eigenvalue weighted by atomic mass is 10.1. The van der Waals surface area contributed by atoms with Gasteiger partial charge in [-0.25, -0.2) is 4.98 Å². The molecule has 0 bridgehead atoms. The number of aromatic nitrogens is 1. The van der Waals surface area contributed by atoms with Crippen LogP contribution in [0.2, 0.25) is 0 Å². The van der Waals surface area contributed by atoms with E-state index in [-0.39, 0.29) is 6.42 Å². The molecular formula is C22H21NO3. The summed E-state index contributed by atoms with van der Waals surface area (Å²) in [6.07, 6.45) is 5.58. The second kappa shape index (κ2) is 8.81. The first-order chi connectivity index (χ1) is 12.7. The predicted molar refractivity (Wildman–Crippen MR) is 103 cm³/mol. The number of carboxylic acid groups (broad SMARTS) is 1. The van der Waals surface area contributed by atoms with Crippen LogP contribution in [0.25, 0.3) is 17.0 Å². The van der Waals surface area contributed by atoms with Crippen molar-refractivity contribution in [3.63, 3.8) is 0 Å². The van der Waals surface area contributed by atoms with Gasteiger partial charge in [-0.15, -0.1) is 0 Å². The number of para-hydroxylation sites is 1. The summed E-state index contributed by atoms with van der Waals surface area (Å²) < 4.78 is 5.87. The first-order valence-electron chi connectivity index (χ1n) is 8.66. The molecule has 1 heterocycles. The predicted octanol–water partition coefficient (Wildman–Crippen LogP) is 5.08. The standard InChI is InChI=1S/C22H21NO3/c24-22(25)12-3-1-2-7-17-8-6-10-20(15-17)26-16-19-14-13-18-9-4-5-11-21(18)23-19/h2,4-11,13-15H,1,3,12,16H2,(H,24,25)/b7-2+. The summed E-state index contributed by atoms with van der Waals surface area (Å²) in [5.74, 6) is 0.0312. The van der Waals surface area contributed by atoms with E-state index in [2.05, 4.69) is 11.1 Å². The number of carbonyl (C=O) groups is 1. The van der Waals surface area contributed by atoms with Crippen molar-refractivity contribution in [2.75, 3.05) is 0 Å². The molecule has 0 amide bonds. The van der Waals surface area contributed by atoms with E-state index >= 15 is 0 Å². The monoisotopic (exact) mass is 347 g/mol. The third-order valence-electron chi connectivity index (χ3n) is 3.97. The first-order valence-corrected chi connectivity index (χ1v) is 8.66. The van der Waals surface area contributed by atoms with Crippen molar-refractivity contribution in [1.82, 2.24) is 4.98 Å². The number of benzene rings is 2. The third-order valence-corrected chi connectivity index (χ3v) is 3.97. The van der Waals surface area contributed by atoms with E-state index in [4.69, 9.17) is 9.84 Å².